The lowest BCUT2D eigenvalue weighted by molar-refractivity contribution is -0.165. The van der Waals surface area contributed by atoms with Crippen LogP contribution in [0.4, 0.5) is 26.3 Å². The molecular weight excluding hydrogens is 653 g/mol. The minimum Gasteiger partial charge on any atom is -0.469 e. The van der Waals surface area contributed by atoms with Crippen molar-refractivity contribution in [2.45, 2.75) is 123 Å². The molecule has 0 aromatic heterocycles. The number of alkyl halides is 6. The van der Waals surface area contributed by atoms with Gasteiger partial charge in [-0.25, -0.2) is 0 Å². The van der Waals surface area contributed by atoms with Gasteiger partial charge in [-0.3, -0.25) is 23.2 Å². The Kier molecular flexibility index (Phi) is 15.1. The summed E-state index contributed by atoms with van der Waals surface area (Å²) in [6.45, 7) is 18.5. The second-order valence-electron chi connectivity index (χ2n) is 14.2. The molecule has 0 bridgehead atoms. The molecule has 262 valence electrons. The molecule has 0 unspecified atom stereocenters. The molecule has 0 amide bonds. The van der Waals surface area contributed by atoms with Gasteiger partial charge in [0.15, 0.2) is 29.8 Å². The van der Waals surface area contributed by atoms with Gasteiger partial charge in [0.25, 0.3) is 0 Å². The Labute approximate surface area is 260 Å². The number of hydrogen-bond acceptors (Lipinski definition) is 8. The maximum Gasteiger partial charge on any atom is 0.412 e. The Bertz CT molecular complexity index is 984. The predicted molar refractivity (Wildman–Crippen MR) is 161 cm³/mol. The number of hydrogen-bond donors (Lipinski definition) is 0. The molecule has 0 aliphatic carbocycles. The number of carbonyl (C=O) groups excluding carboxylic acids is 2. The van der Waals surface area contributed by atoms with Crippen LogP contribution in [0.3, 0.4) is 0 Å². The Balaban J connectivity index is 6.69. The Morgan fingerprint density at radius 1 is 0.750 bits per heavy atom. The molecule has 0 aliphatic heterocycles. The summed E-state index contributed by atoms with van der Waals surface area (Å²) in [5.41, 5.74) is 0. The summed E-state index contributed by atoms with van der Waals surface area (Å²) in [5, 5.41) is -0.663. The summed E-state index contributed by atoms with van der Waals surface area (Å²) in [5.74, 6) is -3.11. The smallest absolute Gasteiger partial charge is 0.412 e. The first-order valence-electron chi connectivity index (χ1n) is 14.2. The van der Waals surface area contributed by atoms with Crippen LogP contribution in [-0.2, 0) is 36.8 Å². The number of ether oxygens (including phenoxy) is 1. The predicted octanol–water partition coefficient (Wildman–Crippen LogP) is 8.52. The van der Waals surface area contributed by atoms with Crippen LogP contribution >= 0.6 is 7.60 Å². The summed E-state index contributed by atoms with van der Waals surface area (Å²) >= 11 is 0. The molecule has 0 fully saturated rings. The molecule has 0 saturated heterocycles. The Morgan fingerprint density at radius 2 is 1.14 bits per heavy atom. The molecule has 0 aromatic rings. The van der Waals surface area contributed by atoms with E-state index in [-0.39, 0.29) is 10.1 Å². The second kappa shape index (κ2) is 15.4. The third kappa shape index (κ3) is 14.3. The maximum atomic E-state index is 13.3. The van der Waals surface area contributed by atoms with Crippen LogP contribution in [0, 0.1) is 11.8 Å². The fraction of sp³-hybridized carbons (Fsp3) is 0.926. The summed E-state index contributed by atoms with van der Waals surface area (Å²) < 4.78 is 117. The fourth-order valence-corrected chi connectivity index (χ4v) is 7.95. The molecule has 0 aliphatic rings. The van der Waals surface area contributed by atoms with Gasteiger partial charge in [0, 0.05) is 12.3 Å². The van der Waals surface area contributed by atoms with Gasteiger partial charge in [-0.2, -0.15) is 26.3 Å². The van der Waals surface area contributed by atoms with E-state index in [0.717, 1.165) is 0 Å². The highest BCUT2D eigenvalue weighted by Gasteiger charge is 2.48. The van der Waals surface area contributed by atoms with Crippen molar-refractivity contribution in [1.29, 1.82) is 0 Å². The van der Waals surface area contributed by atoms with E-state index in [1.165, 1.54) is 7.11 Å². The third-order valence-corrected chi connectivity index (χ3v) is 19.1. The van der Waals surface area contributed by atoms with Crippen molar-refractivity contribution in [3.63, 3.8) is 0 Å². The van der Waals surface area contributed by atoms with Crippen molar-refractivity contribution < 1.29 is 63.1 Å². The number of methoxy groups -OCH3 is 1. The summed E-state index contributed by atoms with van der Waals surface area (Å²) in [4.78, 5) is 26.0. The van der Waals surface area contributed by atoms with Crippen LogP contribution in [-0.4, -0.2) is 79.4 Å². The molecule has 0 aromatic carbocycles. The average molecular weight is 705 g/mol. The number of rotatable bonds is 16. The molecule has 0 spiro atoms. The van der Waals surface area contributed by atoms with Crippen LogP contribution < -0.4 is 0 Å². The first-order valence-corrected chi connectivity index (χ1v) is 21.8. The molecule has 0 radical (unpaired) electrons. The number of carbonyl (C=O) groups is 2. The topological polar surface area (TPSA) is 97.4 Å². The lowest BCUT2D eigenvalue weighted by Crippen LogP contribution is -2.53. The standard InChI is InChI=1S/C27H51F6O8PSi2/c1-18(22(19(2)23(35)37-9)41-44(12,13)25(6,7)8)21(40-43(10,11)24(3,4)5)14-20(34)15-42(36,38-16-26(28,29)30)39-17-27(31,32)33/h18-19,21-22H,14-17H2,1-13H3/t18-,19+,21-,22-/m0/s1. The van der Waals surface area contributed by atoms with Gasteiger partial charge in [0.05, 0.1) is 25.2 Å². The first-order chi connectivity index (χ1) is 19.3. The molecular formula is C27H51F6O8PSi2. The average Bonchev–Trinajstić information content (AvgIpc) is 2.80. The molecule has 8 nitrogen and oxygen atoms in total. The molecule has 0 saturated carbocycles. The van der Waals surface area contributed by atoms with E-state index in [0.29, 0.717) is 0 Å². The van der Waals surface area contributed by atoms with Crippen LogP contribution in [0.1, 0.15) is 61.8 Å². The van der Waals surface area contributed by atoms with Gasteiger partial charge in [0.2, 0.25) is 0 Å². The van der Waals surface area contributed by atoms with Gasteiger partial charge >= 0.3 is 25.9 Å². The maximum absolute atomic E-state index is 13.3. The van der Waals surface area contributed by atoms with Crippen LogP contribution in [0.25, 0.3) is 0 Å². The van der Waals surface area contributed by atoms with E-state index in [1.807, 2.05) is 67.7 Å². The SMILES string of the molecule is COC(=O)[C@H](C)[C@@H](O[Si](C)(C)C(C)(C)C)[C@@H](C)[C@H](CC(=O)CP(=O)(OCC(F)(F)F)OCC(F)(F)F)O[Si](C)(C)C(C)(C)C. The van der Waals surface area contributed by atoms with Gasteiger partial charge in [-0.05, 0) is 43.2 Å². The van der Waals surface area contributed by atoms with E-state index < -0.39 is 98.2 Å². The lowest BCUT2D eigenvalue weighted by atomic mass is 9.87. The Hall–Kier alpha value is -0.776. The summed E-state index contributed by atoms with van der Waals surface area (Å²) in [6, 6.07) is 0. The summed E-state index contributed by atoms with van der Waals surface area (Å²) in [6.07, 6.45) is -13.9. The highest BCUT2D eigenvalue weighted by molar-refractivity contribution is 7.54. The molecule has 0 heterocycles. The van der Waals surface area contributed by atoms with Gasteiger partial charge in [0.1, 0.15) is 11.9 Å². The molecule has 44 heavy (non-hydrogen) atoms. The van der Waals surface area contributed by atoms with Gasteiger partial charge in [-0.1, -0.05) is 48.5 Å². The minimum atomic E-state index is -5.19. The highest BCUT2D eigenvalue weighted by atomic mass is 31.2. The van der Waals surface area contributed by atoms with E-state index in [2.05, 4.69) is 9.05 Å². The molecule has 0 N–H and O–H groups in total. The van der Waals surface area contributed by atoms with Crippen molar-refractivity contribution in [1.82, 2.24) is 0 Å². The lowest BCUT2D eigenvalue weighted by Gasteiger charge is -2.46. The molecule has 4 atom stereocenters. The number of ketones is 1. The number of halogens is 6. The fourth-order valence-electron chi connectivity index (χ4n) is 3.58. The normalized spacial score (nSPS) is 17.2. The molecule has 0 rings (SSSR count). The van der Waals surface area contributed by atoms with Gasteiger partial charge in [-0.15, -0.1) is 0 Å². The van der Waals surface area contributed by atoms with Crippen LogP contribution in [0.2, 0.25) is 36.3 Å². The minimum absolute atomic E-state index is 0.287. The largest absolute Gasteiger partial charge is 0.469 e. The van der Waals surface area contributed by atoms with E-state index in [1.54, 1.807) is 13.8 Å². The quantitative estimate of drug-likeness (QED) is 0.0683. The van der Waals surface area contributed by atoms with Crippen molar-refractivity contribution in [3.8, 4) is 0 Å². The Morgan fingerprint density at radius 3 is 1.48 bits per heavy atom. The third-order valence-electron chi connectivity index (χ3n) is 8.31. The van der Waals surface area contributed by atoms with Gasteiger partial charge < -0.3 is 13.6 Å². The van der Waals surface area contributed by atoms with Crippen molar-refractivity contribution >= 4 is 36.0 Å². The van der Waals surface area contributed by atoms with Crippen LogP contribution in [0.5, 0.6) is 0 Å². The van der Waals surface area contributed by atoms with Crippen molar-refractivity contribution in [3.05, 3.63) is 0 Å². The second-order valence-corrected chi connectivity index (χ2v) is 25.8. The zero-order chi connectivity index (χ0) is 35.3. The monoisotopic (exact) mass is 704 g/mol. The first kappa shape index (κ1) is 43.2. The van der Waals surface area contributed by atoms with E-state index >= 15 is 0 Å². The van der Waals surface area contributed by atoms with E-state index in [9.17, 15) is 40.5 Å². The highest BCUT2D eigenvalue weighted by Crippen LogP contribution is 2.51. The molecule has 17 heteroatoms. The van der Waals surface area contributed by atoms with E-state index in [4.69, 9.17) is 13.6 Å². The van der Waals surface area contributed by atoms with Crippen LogP contribution in [0.15, 0.2) is 0 Å². The number of esters is 1. The van der Waals surface area contributed by atoms with Crippen molar-refractivity contribution in [2.75, 3.05) is 26.5 Å². The zero-order valence-corrected chi connectivity index (χ0v) is 31.0. The van der Waals surface area contributed by atoms with Crippen molar-refractivity contribution in [2.24, 2.45) is 11.8 Å². The zero-order valence-electron chi connectivity index (χ0n) is 28.1. The summed E-state index contributed by atoms with van der Waals surface area (Å²) in [7, 11) is -9.22. The number of Topliss-reactive ketones (excluding diaryl/α,β-unsaturated/α-hetero) is 1.